The molecule has 1 aromatic heterocycles. The Labute approximate surface area is 81.4 Å². The van der Waals surface area contributed by atoms with E-state index in [1.807, 2.05) is 24.3 Å². The third-order valence-corrected chi connectivity index (χ3v) is 1.33. The minimum atomic E-state index is -4.67. The number of imidazole rings is 1. The molecule has 0 aliphatic carbocycles. The molecule has 14 heavy (non-hydrogen) atoms. The molecule has 0 fully saturated rings. The molecule has 1 heterocycles. The molecule has 0 amide bonds. The smallest absolute Gasteiger partial charge is 0.206 e. The standard InChI is InChI=1S/C7H6N2.CH3F3S/c1-2-4-7-6(3-1)8-5-9-7;1-5(2,3)4/h1-5H,(H,8,9);1H3. The Kier molecular flexibility index (Phi) is 3.40. The van der Waals surface area contributed by atoms with E-state index in [-0.39, 0.29) is 6.26 Å². The Morgan fingerprint density at radius 3 is 2.36 bits per heavy atom. The fourth-order valence-corrected chi connectivity index (χ4v) is 0.880. The molecule has 2 rings (SSSR count). The van der Waals surface area contributed by atoms with Gasteiger partial charge in [-0.05, 0) is 12.1 Å². The Hall–Kier alpha value is -1.17. The maximum Gasteiger partial charge on any atom is 0.206 e. The van der Waals surface area contributed by atoms with Gasteiger partial charge in [0, 0.05) is 6.26 Å². The van der Waals surface area contributed by atoms with Crippen LogP contribution in [0.3, 0.4) is 0 Å². The highest BCUT2D eigenvalue weighted by molar-refractivity contribution is 8.20. The van der Waals surface area contributed by atoms with Crippen molar-refractivity contribution in [3.8, 4) is 0 Å². The average Bonchev–Trinajstić information content (AvgIpc) is 2.47. The van der Waals surface area contributed by atoms with Crippen molar-refractivity contribution in [1.29, 1.82) is 0 Å². The van der Waals surface area contributed by atoms with Gasteiger partial charge in [0.15, 0.2) is 0 Å². The Morgan fingerprint density at radius 2 is 1.79 bits per heavy atom. The lowest BCUT2D eigenvalue weighted by molar-refractivity contribution is 0.647. The highest BCUT2D eigenvalue weighted by Crippen LogP contribution is 2.48. The maximum absolute atomic E-state index is 10.4. The van der Waals surface area contributed by atoms with Gasteiger partial charge in [0.2, 0.25) is 11.2 Å². The van der Waals surface area contributed by atoms with E-state index >= 15 is 0 Å². The zero-order valence-corrected chi connectivity index (χ0v) is 8.19. The van der Waals surface area contributed by atoms with E-state index in [9.17, 15) is 11.7 Å². The van der Waals surface area contributed by atoms with E-state index in [0.29, 0.717) is 0 Å². The minimum Gasteiger partial charge on any atom is -0.345 e. The number of rotatable bonds is 0. The van der Waals surface area contributed by atoms with Crippen LogP contribution in [0.2, 0.25) is 0 Å². The molecule has 0 aliphatic heterocycles. The van der Waals surface area contributed by atoms with Gasteiger partial charge in [-0.2, -0.15) is 0 Å². The Morgan fingerprint density at radius 1 is 1.21 bits per heavy atom. The van der Waals surface area contributed by atoms with Gasteiger partial charge in [0.1, 0.15) is 0 Å². The molecule has 0 bridgehead atoms. The van der Waals surface area contributed by atoms with Crippen LogP contribution in [0.25, 0.3) is 11.0 Å². The Balaban J connectivity index is 0.000000171. The molecule has 0 aliphatic rings. The summed E-state index contributed by atoms with van der Waals surface area (Å²) in [5.41, 5.74) is 2.12. The van der Waals surface area contributed by atoms with E-state index in [4.69, 9.17) is 0 Å². The number of aromatic nitrogens is 2. The number of nitrogens with one attached hydrogen (secondary N) is 1. The number of H-pyrrole nitrogens is 1. The second kappa shape index (κ2) is 4.36. The molecule has 0 atom stereocenters. The van der Waals surface area contributed by atoms with Gasteiger partial charge in [-0.1, -0.05) is 12.1 Å². The SMILES string of the molecule is CS(F)(F)F.c1ccc2[nH]cnc2c1. The van der Waals surface area contributed by atoms with Gasteiger partial charge in [-0.15, -0.1) is 11.7 Å². The van der Waals surface area contributed by atoms with Crippen LogP contribution in [-0.2, 0) is 0 Å². The van der Waals surface area contributed by atoms with Crippen molar-refractivity contribution < 1.29 is 11.7 Å². The van der Waals surface area contributed by atoms with Crippen molar-refractivity contribution in [1.82, 2.24) is 9.97 Å². The van der Waals surface area contributed by atoms with Crippen LogP contribution >= 0.6 is 11.2 Å². The van der Waals surface area contributed by atoms with Crippen LogP contribution in [0.1, 0.15) is 0 Å². The molecule has 0 saturated carbocycles. The molecular formula is C8H9F3N2S. The number of halogens is 3. The van der Waals surface area contributed by atoms with E-state index in [1.165, 1.54) is 0 Å². The first-order chi connectivity index (χ1) is 6.47. The van der Waals surface area contributed by atoms with E-state index in [2.05, 4.69) is 9.97 Å². The predicted octanol–water partition coefficient (Wildman–Crippen LogP) is 3.64. The van der Waals surface area contributed by atoms with E-state index in [0.717, 1.165) is 11.0 Å². The summed E-state index contributed by atoms with van der Waals surface area (Å²) in [6.45, 7) is 0. The van der Waals surface area contributed by atoms with E-state index < -0.39 is 11.2 Å². The second-order valence-corrected chi connectivity index (χ2v) is 3.83. The van der Waals surface area contributed by atoms with Crippen LogP contribution in [0, 0.1) is 0 Å². The van der Waals surface area contributed by atoms with E-state index in [1.54, 1.807) is 6.33 Å². The molecule has 0 spiro atoms. The van der Waals surface area contributed by atoms with Crippen LogP contribution in [0.15, 0.2) is 30.6 Å². The monoisotopic (exact) mass is 222 g/mol. The summed E-state index contributed by atoms with van der Waals surface area (Å²) in [7, 11) is 0. The van der Waals surface area contributed by atoms with Gasteiger partial charge >= 0.3 is 0 Å². The van der Waals surface area contributed by atoms with Gasteiger partial charge in [0.05, 0.1) is 17.4 Å². The number of hydrogen-bond acceptors (Lipinski definition) is 1. The second-order valence-electron chi connectivity index (χ2n) is 2.56. The fraction of sp³-hybridized carbons (Fsp3) is 0.125. The zero-order valence-electron chi connectivity index (χ0n) is 7.38. The summed E-state index contributed by atoms with van der Waals surface area (Å²) < 4.78 is 31.3. The first-order valence-corrected chi connectivity index (χ1v) is 5.46. The molecule has 0 unspecified atom stereocenters. The number of nitrogens with zero attached hydrogens (tertiary/aromatic N) is 1. The van der Waals surface area contributed by atoms with Crippen LogP contribution < -0.4 is 0 Å². The van der Waals surface area contributed by atoms with Gasteiger partial charge < -0.3 is 4.98 Å². The molecule has 1 aromatic carbocycles. The third-order valence-electron chi connectivity index (χ3n) is 1.33. The number of para-hydroxylation sites is 2. The van der Waals surface area contributed by atoms with Gasteiger partial charge in [-0.3, -0.25) is 0 Å². The Bertz CT molecular complexity index is 360. The highest BCUT2D eigenvalue weighted by Gasteiger charge is 2.07. The largest absolute Gasteiger partial charge is 0.345 e. The lowest BCUT2D eigenvalue weighted by Gasteiger charge is -1.94. The first-order valence-electron chi connectivity index (χ1n) is 3.72. The molecule has 2 aromatic rings. The van der Waals surface area contributed by atoms with Crippen molar-refractivity contribution in [2.24, 2.45) is 0 Å². The first kappa shape index (κ1) is 10.9. The number of hydrogen-bond donors (Lipinski definition) is 1. The van der Waals surface area contributed by atoms with Gasteiger partial charge in [-0.25, -0.2) is 4.98 Å². The number of aromatic amines is 1. The van der Waals surface area contributed by atoms with Crippen molar-refractivity contribution in [2.45, 2.75) is 0 Å². The summed E-state index contributed by atoms with van der Waals surface area (Å²) in [6, 6.07) is 7.94. The summed E-state index contributed by atoms with van der Waals surface area (Å²) in [4.78, 5) is 7.07. The molecular weight excluding hydrogens is 213 g/mol. The summed E-state index contributed by atoms with van der Waals surface area (Å²) >= 11 is -4.67. The van der Waals surface area contributed by atoms with Crippen LogP contribution in [0.5, 0.6) is 0 Å². The topological polar surface area (TPSA) is 28.7 Å². The van der Waals surface area contributed by atoms with Crippen molar-refractivity contribution in [3.05, 3.63) is 30.6 Å². The van der Waals surface area contributed by atoms with Crippen molar-refractivity contribution >= 4 is 22.2 Å². The quantitative estimate of drug-likeness (QED) is 0.724. The minimum absolute atomic E-state index is 0.271. The van der Waals surface area contributed by atoms with Crippen LogP contribution in [0.4, 0.5) is 11.7 Å². The summed E-state index contributed by atoms with van der Waals surface area (Å²) in [5.74, 6) is 0. The lowest BCUT2D eigenvalue weighted by Crippen LogP contribution is -1.63. The normalized spacial score (nSPS) is 12.0. The molecule has 0 radical (unpaired) electrons. The van der Waals surface area contributed by atoms with Crippen molar-refractivity contribution in [3.63, 3.8) is 0 Å². The molecule has 78 valence electrons. The van der Waals surface area contributed by atoms with Gasteiger partial charge in [0.25, 0.3) is 0 Å². The van der Waals surface area contributed by atoms with Crippen molar-refractivity contribution in [2.75, 3.05) is 6.26 Å². The predicted molar refractivity (Wildman–Crippen MR) is 52.9 cm³/mol. The summed E-state index contributed by atoms with van der Waals surface area (Å²) in [5, 5.41) is 0. The lowest BCUT2D eigenvalue weighted by atomic mass is 10.3. The number of fused-ring (bicyclic) bond motifs is 1. The molecule has 6 heteroatoms. The fourth-order valence-electron chi connectivity index (χ4n) is 0.880. The maximum atomic E-state index is 10.4. The average molecular weight is 222 g/mol. The summed E-state index contributed by atoms with van der Waals surface area (Å²) in [6.07, 6.45) is 1.97. The molecule has 1 N–H and O–H groups in total. The number of benzene rings is 1. The molecule has 2 nitrogen and oxygen atoms in total. The van der Waals surface area contributed by atoms with Crippen LogP contribution in [-0.4, -0.2) is 16.2 Å². The zero-order chi connectivity index (χ0) is 10.6. The highest BCUT2D eigenvalue weighted by atomic mass is 32.3. The third kappa shape index (κ3) is 4.18. The molecule has 0 saturated heterocycles.